The predicted molar refractivity (Wildman–Crippen MR) is 127 cm³/mol. The summed E-state index contributed by atoms with van der Waals surface area (Å²) in [5, 5.41) is 3.26. The third kappa shape index (κ3) is 4.76. The fourth-order valence-electron chi connectivity index (χ4n) is 3.44. The second kappa shape index (κ2) is 9.58. The molecule has 0 fully saturated rings. The van der Waals surface area contributed by atoms with Crippen molar-refractivity contribution in [3.63, 3.8) is 0 Å². The van der Waals surface area contributed by atoms with Gasteiger partial charge in [0, 0.05) is 11.1 Å². The molecule has 4 aromatic rings. The summed E-state index contributed by atoms with van der Waals surface area (Å²) in [7, 11) is 1.62. The van der Waals surface area contributed by atoms with E-state index in [1.165, 1.54) is 11.3 Å². The first-order chi connectivity index (χ1) is 15.5. The lowest BCUT2D eigenvalue weighted by atomic mass is 10.1. The predicted octanol–water partition coefficient (Wildman–Crippen LogP) is 5.54. The molecule has 1 aromatic heterocycles. The Morgan fingerprint density at radius 3 is 2.31 bits per heavy atom. The maximum absolute atomic E-state index is 13.2. The van der Waals surface area contributed by atoms with Crippen molar-refractivity contribution >= 4 is 28.2 Å². The lowest BCUT2D eigenvalue weighted by Crippen LogP contribution is -2.14. The van der Waals surface area contributed by atoms with Crippen LogP contribution in [0.5, 0.6) is 5.75 Å². The lowest BCUT2D eigenvalue weighted by Gasteiger charge is -2.07. The second-order valence-corrected chi connectivity index (χ2v) is 8.29. The number of hydrogen-bond acceptors (Lipinski definition) is 5. The van der Waals surface area contributed by atoms with Gasteiger partial charge in [0.1, 0.15) is 10.6 Å². The van der Waals surface area contributed by atoms with Gasteiger partial charge < -0.3 is 10.1 Å². The van der Waals surface area contributed by atoms with Crippen molar-refractivity contribution in [3.8, 4) is 17.0 Å². The molecular formula is C26H22N2O3S. The van der Waals surface area contributed by atoms with E-state index in [-0.39, 0.29) is 18.1 Å². The standard InChI is InChI=1S/C26H22N2O3S/c1-17-15-18(13-14-21(17)31-2)16-22(29)27-26-28-23(19-9-5-3-6-10-19)25(32-26)24(30)20-11-7-4-8-12-20/h3-15H,16H2,1-2H3,(H,27,28,29). The SMILES string of the molecule is COc1ccc(CC(=O)Nc2nc(-c3ccccc3)c(C(=O)c3ccccc3)s2)cc1C. The van der Waals surface area contributed by atoms with Gasteiger partial charge >= 0.3 is 0 Å². The van der Waals surface area contributed by atoms with Crippen molar-refractivity contribution in [2.24, 2.45) is 0 Å². The molecule has 0 radical (unpaired) electrons. The Morgan fingerprint density at radius 2 is 1.66 bits per heavy atom. The molecule has 160 valence electrons. The largest absolute Gasteiger partial charge is 0.496 e. The zero-order valence-corrected chi connectivity index (χ0v) is 18.6. The summed E-state index contributed by atoms with van der Waals surface area (Å²) in [6.07, 6.45) is 0.201. The minimum Gasteiger partial charge on any atom is -0.496 e. The van der Waals surface area contributed by atoms with E-state index in [2.05, 4.69) is 10.3 Å². The lowest BCUT2D eigenvalue weighted by molar-refractivity contribution is -0.115. The number of thiazole rings is 1. The third-order valence-corrected chi connectivity index (χ3v) is 5.96. The number of carbonyl (C=O) groups is 2. The minimum atomic E-state index is -0.193. The molecule has 0 aliphatic carbocycles. The van der Waals surface area contributed by atoms with Crippen LogP contribution in [0.2, 0.25) is 0 Å². The van der Waals surface area contributed by atoms with E-state index in [1.807, 2.05) is 73.7 Å². The zero-order chi connectivity index (χ0) is 22.5. The highest BCUT2D eigenvalue weighted by molar-refractivity contribution is 7.18. The van der Waals surface area contributed by atoms with Crippen molar-refractivity contribution < 1.29 is 14.3 Å². The van der Waals surface area contributed by atoms with Crippen molar-refractivity contribution in [1.82, 2.24) is 4.98 Å². The highest BCUT2D eigenvalue weighted by Gasteiger charge is 2.21. The maximum atomic E-state index is 13.2. The Kier molecular flexibility index (Phi) is 6.42. The zero-order valence-electron chi connectivity index (χ0n) is 17.8. The first-order valence-electron chi connectivity index (χ1n) is 10.1. The van der Waals surface area contributed by atoms with Gasteiger partial charge in [-0.15, -0.1) is 0 Å². The summed E-state index contributed by atoms with van der Waals surface area (Å²) in [5.74, 6) is 0.473. The van der Waals surface area contributed by atoms with E-state index in [9.17, 15) is 9.59 Å². The van der Waals surface area contributed by atoms with Crippen molar-refractivity contribution in [2.45, 2.75) is 13.3 Å². The molecule has 1 heterocycles. The number of anilines is 1. The fourth-order valence-corrected chi connectivity index (χ4v) is 4.41. The molecular weight excluding hydrogens is 420 g/mol. The highest BCUT2D eigenvalue weighted by Crippen LogP contribution is 2.33. The van der Waals surface area contributed by atoms with Crippen LogP contribution >= 0.6 is 11.3 Å². The van der Waals surface area contributed by atoms with E-state index >= 15 is 0 Å². The Hall–Kier alpha value is -3.77. The quantitative estimate of drug-likeness (QED) is 0.382. The van der Waals surface area contributed by atoms with Gasteiger partial charge in [-0.25, -0.2) is 4.98 Å². The summed E-state index contributed by atoms with van der Waals surface area (Å²) in [6, 6.07) is 24.3. The minimum absolute atomic E-state index is 0.117. The Morgan fingerprint density at radius 1 is 0.969 bits per heavy atom. The van der Waals surface area contributed by atoms with Crippen LogP contribution in [0.4, 0.5) is 5.13 Å². The van der Waals surface area contributed by atoms with Gasteiger partial charge in [0.25, 0.3) is 0 Å². The van der Waals surface area contributed by atoms with Gasteiger partial charge in [0.15, 0.2) is 5.13 Å². The van der Waals surface area contributed by atoms with Crippen molar-refractivity contribution in [3.05, 3.63) is 100 Å². The number of nitrogens with zero attached hydrogens (tertiary/aromatic N) is 1. The number of benzene rings is 3. The van der Waals surface area contributed by atoms with Crippen LogP contribution in [-0.4, -0.2) is 23.8 Å². The van der Waals surface area contributed by atoms with Gasteiger partial charge in [-0.2, -0.15) is 0 Å². The number of nitrogens with one attached hydrogen (secondary N) is 1. The average molecular weight is 443 g/mol. The van der Waals surface area contributed by atoms with E-state index in [0.717, 1.165) is 22.4 Å². The summed E-state index contributed by atoms with van der Waals surface area (Å²) >= 11 is 1.19. The summed E-state index contributed by atoms with van der Waals surface area (Å²) in [6.45, 7) is 1.94. The molecule has 0 atom stereocenters. The first-order valence-corrected chi connectivity index (χ1v) is 11.0. The number of aromatic nitrogens is 1. The van der Waals surface area contributed by atoms with Crippen LogP contribution < -0.4 is 10.1 Å². The summed E-state index contributed by atoms with van der Waals surface area (Å²) in [4.78, 5) is 31.0. The van der Waals surface area contributed by atoms with Gasteiger partial charge in [0.2, 0.25) is 11.7 Å². The molecule has 1 amide bonds. The van der Waals surface area contributed by atoms with E-state index < -0.39 is 0 Å². The smallest absolute Gasteiger partial charge is 0.230 e. The van der Waals surface area contributed by atoms with Gasteiger partial charge in [0.05, 0.1) is 19.2 Å². The van der Waals surface area contributed by atoms with Crippen LogP contribution in [-0.2, 0) is 11.2 Å². The topological polar surface area (TPSA) is 68.3 Å². The number of methoxy groups -OCH3 is 1. The number of hydrogen-bond donors (Lipinski definition) is 1. The molecule has 6 heteroatoms. The Bertz CT molecular complexity index is 1250. The summed E-state index contributed by atoms with van der Waals surface area (Å²) < 4.78 is 5.28. The molecule has 1 N–H and O–H groups in total. The second-order valence-electron chi connectivity index (χ2n) is 7.29. The Balaban J connectivity index is 1.60. The van der Waals surface area contributed by atoms with Crippen LogP contribution in [0.15, 0.2) is 78.9 Å². The van der Waals surface area contributed by atoms with Gasteiger partial charge in [-0.05, 0) is 24.1 Å². The monoisotopic (exact) mass is 442 g/mol. The molecule has 5 nitrogen and oxygen atoms in total. The van der Waals surface area contributed by atoms with Crippen molar-refractivity contribution in [1.29, 1.82) is 0 Å². The van der Waals surface area contributed by atoms with E-state index in [1.54, 1.807) is 19.2 Å². The number of ketones is 1. The number of amides is 1. The molecule has 0 unspecified atom stereocenters. The molecule has 3 aromatic carbocycles. The number of aryl methyl sites for hydroxylation is 1. The number of rotatable bonds is 7. The molecule has 0 saturated carbocycles. The van der Waals surface area contributed by atoms with Crippen LogP contribution in [0.3, 0.4) is 0 Å². The average Bonchev–Trinajstić information content (AvgIpc) is 3.23. The molecule has 0 aliphatic rings. The summed E-state index contributed by atoms with van der Waals surface area (Å²) in [5.41, 5.74) is 3.82. The van der Waals surface area contributed by atoms with Crippen molar-refractivity contribution in [2.75, 3.05) is 12.4 Å². The van der Waals surface area contributed by atoms with Crippen LogP contribution in [0.25, 0.3) is 11.3 Å². The van der Waals surface area contributed by atoms with E-state index in [0.29, 0.717) is 21.3 Å². The molecule has 0 saturated heterocycles. The maximum Gasteiger partial charge on any atom is 0.230 e. The van der Waals surface area contributed by atoms with Crippen LogP contribution in [0, 0.1) is 6.92 Å². The molecule has 0 bridgehead atoms. The number of ether oxygens (including phenoxy) is 1. The van der Waals surface area contributed by atoms with E-state index in [4.69, 9.17) is 4.74 Å². The van der Waals surface area contributed by atoms with Crippen LogP contribution in [0.1, 0.15) is 26.4 Å². The fraction of sp³-hybridized carbons (Fsp3) is 0.115. The normalized spacial score (nSPS) is 10.6. The number of carbonyl (C=O) groups excluding carboxylic acids is 2. The van der Waals surface area contributed by atoms with Gasteiger partial charge in [-0.3, -0.25) is 9.59 Å². The molecule has 32 heavy (non-hydrogen) atoms. The third-order valence-electron chi connectivity index (χ3n) is 4.99. The first kappa shape index (κ1) is 21.5. The highest BCUT2D eigenvalue weighted by atomic mass is 32.1. The Labute approximate surface area is 190 Å². The van der Waals surface area contributed by atoms with Gasteiger partial charge in [-0.1, -0.05) is 84.1 Å². The molecule has 0 spiro atoms. The molecule has 4 rings (SSSR count). The molecule has 0 aliphatic heterocycles.